The lowest BCUT2D eigenvalue weighted by atomic mass is 9.93. The van der Waals surface area contributed by atoms with Crippen LogP contribution in [-0.4, -0.2) is 59.4 Å². The molecule has 182 valence electrons. The second-order valence-electron chi connectivity index (χ2n) is 8.90. The minimum Gasteiger partial charge on any atom is -0.381 e. The summed E-state index contributed by atoms with van der Waals surface area (Å²) in [5.74, 6) is 1.62. The summed E-state index contributed by atoms with van der Waals surface area (Å²) in [6.07, 6.45) is 9.34. The second kappa shape index (κ2) is 13.3. The van der Waals surface area contributed by atoms with E-state index in [1.165, 1.54) is 11.1 Å². The van der Waals surface area contributed by atoms with Crippen LogP contribution < -0.4 is 5.32 Å². The topological polar surface area (TPSA) is 63.9 Å². The Balaban J connectivity index is 0.00000306. The molecule has 8 heteroatoms. The van der Waals surface area contributed by atoms with Crippen LogP contribution in [0.3, 0.4) is 0 Å². The van der Waals surface area contributed by atoms with E-state index in [-0.39, 0.29) is 24.0 Å². The van der Waals surface area contributed by atoms with Crippen LogP contribution in [0.5, 0.6) is 0 Å². The highest BCUT2D eigenvalue weighted by atomic mass is 127. The Labute approximate surface area is 215 Å². The molecule has 1 aromatic heterocycles. The Bertz CT molecular complexity index is 837. The summed E-state index contributed by atoms with van der Waals surface area (Å²) in [7, 11) is 0. The van der Waals surface area contributed by atoms with Gasteiger partial charge in [-0.25, -0.2) is 9.98 Å². The number of nitrogens with zero attached hydrogens (tertiary/aromatic N) is 4. The van der Waals surface area contributed by atoms with E-state index >= 15 is 0 Å². The lowest BCUT2D eigenvalue weighted by Gasteiger charge is -2.39. The molecular formula is C25H38IN5O2. The van der Waals surface area contributed by atoms with Crippen molar-refractivity contribution < 1.29 is 9.47 Å². The van der Waals surface area contributed by atoms with E-state index in [0.717, 1.165) is 58.1 Å². The zero-order valence-corrected chi connectivity index (χ0v) is 22.2. The summed E-state index contributed by atoms with van der Waals surface area (Å²) < 4.78 is 13.7. The smallest absolute Gasteiger partial charge is 0.194 e. The number of hydrogen-bond acceptors (Lipinski definition) is 4. The third-order valence-electron chi connectivity index (χ3n) is 6.55. The SMILES string of the molecule is CCNC(=NCc1ccc(COC2CCOCC2)cc1)N1CCC(C)C(n2ccnc2)C1.I. The van der Waals surface area contributed by atoms with Crippen molar-refractivity contribution >= 4 is 29.9 Å². The van der Waals surface area contributed by atoms with Crippen LogP contribution in [0.2, 0.25) is 0 Å². The minimum atomic E-state index is 0. The summed E-state index contributed by atoms with van der Waals surface area (Å²) in [4.78, 5) is 11.6. The number of ether oxygens (including phenoxy) is 2. The molecule has 33 heavy (non-hydrogen) atoms. The lowest BCUT2D eigenvalue weighted by Crippen LogP contribution is -2.49. The van der Waals surface area contributed by atoms with E-state index in [4.69, 9.17) is 14.5 Å². The first-order chi connectivity index (χ1) is 15.7. The van der Waals surface area contributed by atoms with Crippen molar-refractivity contribution in [2.24, 2.45) is 10.9 Å². The fourth-order valence-corrected chi connectivity index (χ4v) is 4.48. The Hall–Kier alpha value is -1.65. The highest BCUT2D eigenvalue weighted by molar-refractivity contribution is 14.0. The Morgan fingerprint density at radius 2 is 1.94 bits per heavy atom. The van der Waals surface area contributed by atoms with Crippen LogP contribution in [0, 0.1) is 5.92 Å². The molecule has 1 N–H and O–H groups in total. The van der Waals surface area contributed by atoms with E-state index in [1.807, 2.05) is 12.5 Å². The molecule has 2 aliphatic heterocycles. The summed E-state index contributed by atoms with van der Waals surface area (Å²) in [6.45, 7) is 10.3. The van der Waals surface area contributed by atoms with E-state index < -0.39 is 0 Å². The van der Waals surface area contributed by atoms with Crippen molar-refractivity contribution in [3.05, 3.63) is 54.1 Å². The molecule has 1 aromatic carbocycles. The van der Waals surface area contributed by atoms with Crippen molar-refractivity contribution in [2.75, 3.05) is 32.8 Å². The number of hydrogen-bond donors (Lipinski definition) is 1. The maximum absolute atomic E-state index is 6.04. The van der Waals surface area contributed by atoms with Gasteiger partial charge in [-0.2, -0.15) is 0 Å². The number of likely N-dealkylation sites (tertiary alicyclic amines) is 1. The quantitative estimate of drug-likeness (QED) is 0.308. The first-order valence-corrected chi connectivity index (χ1v) is 12.0. The van der Waals surface area contributed by atoms with Gasteiger partial charge in [-0.1, -0.05) is 31.2 Å². The Morgan fingerprint density at radius 1 is 1.18 bits per heavy atom. The van der Waals surface area contributed by atoms with E-state index in [2.05, 4.69) is 64.1 Å². The molecule has 2 unspecified atom stereocenters. The molecule has 0 spiro atoms. The number of nitrogens with one attached hydrogen (secondary N) is 1. The Kier molecular flexibility index (Phi) is 10.5. The average molecular weight is 568 g/mol. The number of aliphatic imine (C=N–C) groups is 1. The fourth-order valence-electron chi connectivity index (χ4n) is 4.48. The van der Waals surface area contributed by atoms with Crippen LogP contribution in [0.15, 0.2) is 48.0 Å². The van der Waals surface area contributed by atoms with Crippen LogP contribution in [0.25, 0.3) is 0 Å². The Morgan fingerprint density at radius 3 is 2.64 bits per heavy atom. The number of benzene rings is 1. The summed E-state index contributed by atoms with van der Waals surface area (Å²) in [5.41, 5.74) is 2.43. The molecule has 4 rings (SSSR count). The molecule has 0 amide bonds. The summed E-state index contributed by atoms with van der Waals surface area (Å²) in [6, 6.07) is 9.08. The van der Waals surface area contributed by atoms with Gasteiger partial charge in [0.05, 0.1) is 31.6 Å². The molecule has 2 atom stereocenters. The van der Waals surface area contributed by atoms with Crippen LogP contribution >= 0.6 is 24.0 Å². The normalized spacial score (nSPS) is 22.1. The monoisotopic (exact) mass is 567 g/mol. The molecule has 0 aliphatic carbocycles. The number of piperidine rings is 1. The van der Waals surface area contributed by atoms with Crippen molar-refractivity contribution in [3.8, 4) is 0 Å². The van der Waals surface area contributed by atoms with Gasteiger partial charge in [-0.3, -0.25) is 0 Å². The molecule has 0 radical (unpaired) electrons. The van der Waals surface area contributed by atoms with Crippen molar-refractivity contribution in [1.29, 1.82) is 0 Å². The van der Waals surface area contributed by atoms with Gasteiger partial charge in [0.15, 0.2) is 5.96 Å². The molecule has 0 saturated carbocycles. The van der Waals surface area contributed by atoms with E-state index in [1.54, 1.807) is 0 Å². The molecule has 0 bridgehead atoms. The van der Waals surface area contributed by atoms with Gasteiger partial charge in [0, 0.05) is 45.2 Å². The summed E-state index contributed by atoms with van der Waals surface area (Å²) in [5, 5.41) is 3.49. The number of imidazole rings is 1. The predicted octanol–water partition coefficient (Wildman–Crippen LogP) is 4.25. The van der Waals surface area contributed by atoms with Gasteiger partial charge in [-0.15, -0.1) is 24.0 Å². The molecular weight excluding hydrogens is 529 g/mol. The third-order valence-corrected chi connectivity index (χ3v) is 6.55. The number of halogens is 1. The van der Waals surface area contributed by atoms with E-state index in [0.29, 0.717) is 31.2 Å². The molecule has 2 fully saturated rings. The van der Waals surface area contributed by atoms with E-state index in [9.17, 15) is 0 Å². The first-order valence-electron chi connectivity index (χ1n) is 12.0. The highest BCUT2D eigenvalue weighted by Gasteiger charge is 2.28. The highest BCUT2D eigenvalue weighted by Crippen LogP contribution is 2.27. The lowest BCUT2D eigenvalue weighted by molar-refractivity contribution is -0.0390. The van der Waals surface area contributed by atoms with Gasteiger partial charge in [-0.05, 0) is 43.2 Å². The molecule has 2 aliphatic rings. The van der Waals surface area contributed by atoms with Crippen LogP contribution in [0.1, 0.15) is 50.3 Å². The number of guanidine groups is 1. The minimum absolute atomic E-state index is 0. The largest absolute Gasteiger partial charge is 0.381 e. The van der Waals surface area contributed by atoms with Crippen LogP contribution in [-0.2, 0) is 22.6 Å². The third kappa shape index (κ3) is 7.42. The molecule has 7 nitrogen and oxygen atoms in total. The standard InChI is InChI=1S/C25H37N5O2.HI/c1-3-27-25(29-12-8-20(2)24(17-29)30-13-11-26-19-30)28-16-21-4-6-22(7-5-21)18-32-23-9-14-31-15-10-23;/h4-7,11,13,19-20,23-24H,3,8-10,12,14-18H2,1-2H3,(H,27,28);1H. The predicted molar refractivity (Wildman–Crippen MR) is 142 cm³/mol. The summed E-state index contributed by atoms with van der Waals surface area (Å²) >= 11 is 0. The van der Waals surface area contributed by atoms with Gasteiger partial charge in [0.1, 0.15) is 0 Å². The molecule has 3 heterocycles. The first kappa shape index (κ1) is 26.0. The van der Waals surface area contributed by atoms with Gasteiger partial charge < -0.3 is 24.3 Å². The molecule has 2 saturated heterocycles. The van der Waals surface area contributed by atoms with Gasteiger partial charge >= 0.3 is 0 Å². The number of aromatic nitrogens is 2. The second-order valence-corrected chi connectivity index (χ2v) is 8.90. The fraction of sp³-hybridized carbons (Fsp3) is 0.600. The maximum Gasteiger partial charge on any atom is 0.194 e. The molecule has 2 aromatic rings. The average Bonchev–Trinajstić information content (AvgIpc) is 3.37. The van der Waals surface area contributed by atoms with Gasteiger partial charge in [0.2, 0.25) is 0 Å². The maximum atomic E-state index is 6.04. The van der Waals surface area contributed by atoms with Crippen molar-refractivity contribution in [3.63, 3.8) is 0 Å². The number of rotatable bonds is 7. The zero-order valence-electron chi connectivity index (χ0n) is 19.9. The van der Waals surface area contributed by atoms with Crippen molar-refractivity contribution in [1.82, 2.24) is 19.8 Å². The van der Waals surface area contributed by atoms with Gasteiger partial charge in [0.25, 0.3) is 0 Å². The van der Waals surface area contributed by atoms with Crippen molar-refractivity contribution in [2.45, 2.75) is 58.4 Å². The van der Waals surface area contributed by atoms with Crippen LogP contribution in [0.4, 0.5) is 0 Å². The zero-order chi connectivity index (χ0) is 22.2.